The second kappa shape index (κ2) is 10.4. The van der Waals surface area contributed by atoms with E-state index in [9.17, 15) is 0 Å². The molecule has 0 aliphatic heterocycles. The normalized spacial score (nSPS) is 11.6. The summed E-state index contributed by atoms with van der Waals surface area (Å²) in [5.41, 5.74) is 0. The maximum absolute atomic E-state index is 5.59. The first kappa shape index (κ1) is 14.9. The summed E-state index contributed by atoms with van der Waals surface area (Å²) in [4.78, 5) is 2.37. The Morgan fingerprint density at radius 2 is 1.73 bits per heavy atom. The van der Waals surface area contributed by atoms with Crippen LogP contribution in [0.3, 0.4) is 0 Å². The molecule has 2 heteroatoms. The van der Waals surface area contributed by atoms with Gasteiger partial charge in [-0.15, -0.1) is 0 Å². The predicted octanol–water partition coefficient (Wildman–Crippen LogP) is 3.17. The molecule has 0 atom stereocenters. The van der Waals surface area contributed by atoms with Crippen LogP contribution < -0.4 is 0 Å². The summed E-state index contributed by atoms with van der Waals surface area (Å²) in [7, 11) is 2.18. The van der Waals surface area contributed by atoms with Crippen LogP contribution in [0.25, 0.3) is 0 Å². The van der Waals surface area contributed by atoms with E-state index in [4.69, 9.17) is 4.74 Å². The minimum absolute atomic E-state index is 0.810. The fourth-order valence-corrected chi connectivity index (χ4v) is 1.63. The molecule has 0 aromatic rings. The van der Waals surface area contributed by atoms with Gasteiger partial charge in [0.1, 0.15) is 0 Å². The first-order chi connectivity index (χ1) is 7.16. The van der Waals surface area contributed by atoms with Crippen LogP contribution in [0.1, 0.15) is 46.5 Å². The smallest absolute Gasteiger partial charge is 0.0478 e. The van der Waals surface area contributed by atoms with E-state index in [1.165, 1.54) is 25.8 Å². The molecule has 2 nitrogen and oxygen atoms in total. The summed E-state index contributed by atoms with van der Waals surface area (Å²) in [5.74, 6) is 0.810. The van der Waals surface area contributed by atoms with Crippen LogP contribution in [-0.4, -0.2) is 38.3 Å². The van der Waals surface area contributed by atoms with Crippen molar-refractivity contribution >= 4 is 0 Å². The highest BCUT2D eigenvalue weighted by Crippen LogP contribution is 2.03. The van der Waals surface area contributed by atoms with Gasteiger partial charge in [0.2, 0.25) is 0 Å². The zero-order chi connectivity index (χ0) is 11.5. The molecule has 0 bridgehead atoms. The van der Waals surface area contributed by atoms with Crippen LogP contribution in [0.2, 0.25) is 0 Å². The van der Waals surface area contributed by atoms with Gasteiger partial charge in [-0.2, -0.15) is 0 Å². The maximum Gasteiger partial charge on any atom is 0.0478 e. The summed E-state index contributed by atoms with van der Waals surface area (Å²) in [6.07, 6.45) is 4.90. The average molecular weight is 215 g/mol. The lowest BCUT2D eigenvalue weighted by molar-refractivity contribution is 0.118. The molecule has 0 aromatic heterocycles. The van der Waals surface area contributed by atoms with Gasteiger partial charge in [-0.05, 0) is 45.2 Å². The second-order valence-electron chi connectivity index (χ2n) is 4.81. The Morgan fingerprint density at radius 1 is 1.07 bits per heavy atom. The molecule has 0 N–H and O–H groups in total. The number of hydrogen-bond donors (Lipinski definition) is 0. The highest BCUT2D eigenvalue weighted by atomic mass is 16.5. The van der Waals surface area contributed by atoms with Gasteiger partial charge in [-0.3, -0.25) is 0 Å². The minimum Gasteiger partial charge on any atom is -0.381 e. The highest BCUT2D eigenvalue weighted by Gasteiger charge is 1.97. The van der Waals surface area contributed by atoms with Gasteiger partial charge in [0, 0.05) is 19.8 Å². The first-order valence-electron chi connectivity index (χ1n) is 6.43. The molecule has 0 heterocycles. The van der Waals surface area contributed by atoms with E-state index < -0.39 is 0 Å². The fraction of sp³-hybridized carbons (Fsp3) is 1.00. The van der Waals surface area contributed by atoms with E-state index in [-0.39, 0.29) is 0 Å². The van der Waals surface area contributed by atoms with Gasteiger partial charge in [0.15, 0.2) is 0 Å². The lowest BCUT2D eigenvalue weighted by atomic mass is 10.1. The molecule has 0 aliphatic carbocycles. The molecule has 0 aromatic carbocycles. The van der Waals surface area contributed by atoms with Crippen LogP contribution in [0.5, 0.6) is 0 Å². The van der Waals surface area contributed by atoms with Crippen molar-refractivity contribution < 1.29 is 4.74 Å². The van der Waals surface area contributed by atoms with Crippen molar-refractivity contribution in [1.29, 1.82) is 0 Å². The Labute approximate surface area is 96.0 Å². The van der Waals surface area contributed by atoms with Crippen LogP contribution in [0, 0.1) is 5.92 Å². The Balaban J connectivity index is 3.04. The third-order valence-corrected chi connectivity index (χ3v) is 2.50. The van der Waals surface area contributed by atoms with E-state index >= 15 is 0 Å². The highest BCUT2D eigenvalue weighted by molar-refractivity contribution is 4.50. The zero-order valence-corrected chi connectivity index (χ0v) is 11.1. The van der Waals surface area contributed by atoms with Crippen molar-refractivity contribution in [3.63, 3.8) is 0 Å². The predicted molar refractivity (Wildman–Crippen MR) is 67.3 cm³/mol. The number of rotatable bonds is 10. The van der Waals surface area contributed by atoms with Gasteiger partial charge in [0.05, 0.1) is 0 Å². The molecule has 0 unspecified atom stereocenters. The molecule has 92 valence electrons. The Bertz CT molecular complexity index is 126. The number of nitrogens with zero attached hydrogens (tertiary/aromatic N) is 1. The summed E-state index contributed by atoms with van der Waals surface area (Å²) in [6.45, 7) is 11.0. The van der Waals surface area contributed by atoms with Crippen molar-refractivity contribution in [3.05, 3.63) is 0 Å². The van der Waals surface area contributed by atoms with Crippen molar-refractivity contribution in [1.82, 2.24) is 4.90 Å². The Morgan fingerprint density at radius 3 is 2.33 bits per heavy atom. The number of hydrogen-bond acceptors (Lipinski definition) is 2. The van der Waals surface area contributed by atoms with Crippen molar-refractivity contribution in [2.75, 3.05) is 33.4 Å². The quantitative estimate of drug-likeness (QED) is 0.519. The van der Waals surface area contributed by atoms with E-state index in [1.807, 2.05) is 0 Å². The SMILES string of the molecule is CCCN(C)CCCOCCCC(C)C. The van der Waals surface area contributed by atoms with Crippen molar-refractivity contribution in [2.24, 2.45) is 5.92 Å². The van der Waals surface area contributed by atoms with E-state index in [0.29, 0.717) is 0 Å². The largest absolute Gasteiger partial charge is 0.381 e. The molecule has 0 amide bonds. The molecule has 0 aliphatic rings. The van der Waals surface area contributed by atoms with E-state index in [1.54, 1.807) is 0 Å². The van der Waals surface area contributed by atoms with Gasteiger partial charge in [-0.25, -0.2) is 0 Å². The van der Waals surface area contributed by atoms with Crippen LogP contribution in [0.4, 0.5) is 0 Å². The van der Waals surface area contributed by atoms with Crippen LogP contribution in [0.15, 0.2) is 0 Å². The molecule has 0 saturated carbocycles. The van der Waals surface area contributed by atoms with E-state index in [2.05, 4.69) is 32.7 Å². The summed E-state index contributed by atoms with van der Waals surface area (Å²) in [5, 5.41) is 0. The standard InChI is InChI=1S/C13H29NO/c1-5-9-14(4)10-7-12-15-11-6-8-13(2)3/h13H,5-12H2,1-4H3. The lowest BCUT2D eigenvalue weighted by Crippen LogP contribution is -2.21. The first-order valence-corrected chi connectivity index (χ1v) is 6.43. The average Bonchev–Trinajstić information content (AvgIpc) is 2.16. The topological polar surface area (TPSA) is 12.5 Å². The molecule has 0 rings (SSSR count). The Kier molecular flexibility index (Phi) is 10.4. The maximum atomic E-state index is 5.59. The summed E-state index contributed by atoms with van der Waals surface area (Å²) >= 11 is 0. The van der Waals surface area contributed by atoms with Crippen LogP contribution in [-0.2, 0) is 4.74 Å². The van der Waals surface area contributed by atoms with Crippen molar-refractivity contribution in [3.8, 4) is 0 Å². The zero-order valence-electron chi connectivity index (χ0n) is 11.1. The lowest BCUT2D eigenvalue weighted by Gasteiger charge is -2.15. The van der Waals surface area contributed by atoms with Gasteiger partial charge >= 0.3 is 0 Å². The number of ether oxygens (including phenoxy) is 1. The molecule has 0 saturated heterocycles. The molecular formula is C13H29NO. The second-order valence-corrected chi connectivity index (χ2v) is 4.81. The summed E-state index contributed by atoms with van der Waals surface area (Å²) < 4.78 is 5.59. The summed E-state index contributed by atoms with van der Waals surface area (Å²) in [6, 6.07) is 0. The minimum atomic E-state index is 0.810. The van der Waals surface area contributed by atoms with Crippen LogP contribution >= 0.6 is 0 Å². The molecule has 0 fully saturated rings. The molecule has 15 heavy (non-hydrogen) atoms. The fourth-order valence-electron chi connectivity index (χ4n) is 1.63. The molecule has 0 radical (unpaired) electrons. The van der Waals surface area contributed by atoms with Gasteiger partial charge < -0.3 is 9.64 Å². The third kappa shape index (κ3) is 11.8. The van der Waals surface area contributed by atoms with Crippen molar-refractivity contribution in [2.45, 2.75) is 46.5 Å². The Hall–Kier alpha value is -0.0800. The third-order valence-electron chi connectivity index (χ3n) is 2.50. The van der Waals surface area contributed by atoms with Gasteiger partial charge in [0.25, 0.3) is 0 Å². The monoisotopic (exact) mass is 215 g/mol. The van der Waals surface area contributed by atoms with Gasteiger partial charge in [-0.1, -0.05) is 20.8 Å². The molecule has 0 spiro atoms. The molecular weight excluding hydrogens is 186 g/mol. The van der Waals surface area contributed by atoms with E-state index in [0.717, 1.165) is 32.1 Å².